The van der Waals surface area contributed by atoms with E-state index in [9.17, 15) is 4.79 Å². The number of hydrogen-bond donors (Lipinski definition) is 1. The number of H-pyrrole nitrogens is 1. The van der Waals surface area contributed by atoms with E-state index in [-0.39, 0.29) is 5.56 Å². The Bertz CT molecular complexity index is 1200. The van der Waals surface area contributed by atoms with Crippen LogP contribution in [0.3, 0.4) is 0 Å². The number of rotatable bonds is 8. The van der Waals surface area contributed by atoms with Gasteiger partial charge in [0.15, 0.2) is 5.16 Å². The van der Waals surface area contributed by atoms with E-state index in [2.05, 4.69) is 18.0 Å². The fourth-order valence-corrected chi connectivity index (χ4v) is 4.41. The molecule has 0 spiro atoms. The monoisotopic (exact) mass is 419 g/mol. The lowest BCUT2D eigenvalue weighted by atomic mass is 10.1. The van der Waals surface area contributed by atoms with E-state index in [1.807, 2.05) is 59.3 Å². The average molecular weight is 420 g/mol. The first-order chi connectivity index (χ1) is 14.7. The van der Waals surface area contributed by atoms with Crippen LogP contribution in [0.25, 0.3) is 22.2 Å². The molecule has 0 saturated carbocycles. The lowest BCUT2D eigenvalue weighted by molar-refractivity contribution is 0.414. The van der Waals surface area contributed by atoms with Crippen LogP contribution in [0.2, 0.25) is 0 Å². The molecule has 0 unspecified atom stereocenters. The Morgan fingerprint density at radius 1 is 1.13 bits per heavy atom. The highest BCUT2D eigenvalue weighted by molar-refractivity contribution is 7.98. The summed E-state index contributed by atoms with van der Waals surface area (Å²) in [5.41, 5.74) is 4.42. The number of fused-ring (bicyclic) bond motifs is 1. The number of unbranched alkanes of at least 4 members (excludes halogenated alkanes) is 1. The summed E-state index contributed by atoms with van der Waals surface area (Å²) in [5, 5.41) is 0.751. The van der Waals surface area contributed by atoms with Crippen molar-refractivity contribution >= 4 is 22.8 Å². The molecule has 154 valence electrons. The van der Waals surface area contributed by atoms with Crippen LogP contribution in [0, 0.1) is 0 Å². The topological polar surface area (TPSA) is 59.9 Å². The number of methoxy groups -OCH3 is 1. The van der Waals surface area contributed by atoms with Crippen molar-refractivity contribution in [1.82, 2.24) is 14.5 Å². The number of aromatic amines is 1. The van der Waals surface area contributed by atoms with Crippen LogP contribution in [-0.2, 0) is 12.3 Å². The van der Waals surface area contributed by atoms with Crippen molar-refractivity contribution in [3.8, 4) is 16.9 Å². The molecule has 0 aliphatic carbocycles. The largest absolute Gasteiger partial charge is 0.497 e. The molecule has 6 heteroatoms. The van der Waals surface area contributed by atoms with Gasteiger partial charge in [-0.2, -0.15) is 0 Å². The van der Waals surface area contributed by atoms with Gasteiger partial charge in [-0.15, -0.1) is 0 Å². The summed E-state index contributed by atoms with van der Waals surface area (Å²) in [6.45, 7) is 2.79. The smallest absolute Gasteiger partial charge is 0.278 e. The Hall–Kier alpha value is -2.99. The zero-order chi connectivity index (χ0) is 20.9. The second kappa shape index (κ2) is 9.22. The van der Waals surface area contributed by atoms with Gasteiger partial charge < -0.3 is 9.72 Å². The zero-order valence-electron chi connectivity index (χ0n) is 17.2. The van der Waals surface area contributed by atoms with Crippen LogP contribution < -0.4 is 10.3 Å². The van der Waals surface area contributed by atoms with Crippen molar-refractivity contribution < 1.29 is 4.74 Å². The van der Waals surface area contributed by atoms with E-state index in [1.54, 1.807) is 18.9 Å². The molecule has 0 amide bonds. The van der Waals surface area contributed by atoms with E-state index in [4.69, 9.17) is 9.72 Å². The third kappa shape index (κ3) is 4.14. The SMILES string of the molecule is CCCCn1c(SCc2cccc(OC)c2)nc2c(-c3ccccc3)c[nH]c2c1=O. The predicted octanol–water partition coefficient (Wildman–Crippen LogP) is 5.49. The minimum atomic E-state index is -0.0104. The summed E-state index contributed by atoms with van der Waals surface area (Å²) < 4.78 is 7.14. The number of nitrogens with zero attached hydrogens (tertiary/aromatic N) is 2. The summed E-state index contributed by atoms with van der Waals surface area (Å²) in [5.74, 6) is 1.55. The van der Waals surface area contributed by atoms with E-state index in [0.717, 1.165) is 46.0 Å². The molecule has 30 heavy (non-hydrogen) atoms. The average Bonchev–Trinajstić information content (AvgIpc) is 3.22. The van der Waals surface area contributed by atoms with E-state index in [1.165, 1.54) is 0 Å². The number of ether oxygens (including phenoxy) is 1. The minimum absolute atomic E-state index is 0.0104. The fraction of sp³-hybridized carbons (Fsp3) is 0.250. The number of nitrogens with one attached hydrogen (secondary N) is 1. The van der Waals surface area contributed by atoms with Gasteiger partial charge in [0.2, 0.25) is 0 Å². The number of benzene rings is 2. The first-order valence-corrected chi connectivity index (χ1v) is 11.1. The van der Waals surface area contributed by atoms with Gasteiger partial charge in [0.25, 0.3) is 5.56 Å². The normalized spacial score (nSPS) is 11.1. The van der Waals surface area contributed by atoms with Crippen LogP contribution in [-0.4, -0.2) is 21.6 Å². The highest BCUT2D eigenvalue weighted by Crippen LogP contribution is 2.29. The molecule has 2 aromatic heterocycles. The van der Waals surface area contributed by atoms with Crippen LogP contribution in [0.4, 0.5) is 0 Å². The van der Waals surface area contributed by atoms with Crippen molar-refractivity contribution in [3.63, 3.8) is 0 Å². The highest BCUT2D eigenvalue weighted by atomic mass is 32.2. The maximum Gasteiger partial charge on any atom is 0.278 e. The number of thioether (sulfide) groups is 1. The van der Waals surface area contributed by atoms with Crippen molar-refractivity contribution in [3.05, 3.63) is 76.7 Å². The Morgan fingerprint density at radius 3 is 2.73 bits per heavy atom. The molecule has 0 saturated heterocycles. The minimum Gasteiger partial charge on any atom is -0.497 e. The first-order valence-electron chi connectivity index (χ1n) is 10.1. The molecule has 0 radical (unpaired) electrons. The third-order valence-electron chi connectivity index (χ3n) is 5.07. The molecule has 4 rings (SSSR count). The van der Waals surface area contributed by atoms with Crippen LogP contribution in [0.15, 0.2) is 70.7 Å². The molecule has 2 aromatic carbocycles. The summed E-state index contributed by atoms with van der Waals surface area (Å²) in [4.78, 5) is 21.4. The van der Waals surface area contributed by atoms with Crippen LogP contribution >= 0.6 is 11.8 Å². The highest BCUT2D eigenvalue weighted by Gasteiger charge is 2.16. The first kappa shape index (κ1) is 20.3. The maximum absolute atomic E-state index is 13.3. The van der Waals surface area contributed by atoms with Gasteiger partial charge in [-0.3, -0.25) is 9.36 Å². The standard InChI is InChI=1S/C24H25N3O2S/c1-3-4-13-27-23(28)22-21(20(15-25-22)18-10-6-5-7-11-18)26-24(27)30-16-17-9-8-12-19(14-17)29-2/h5-12,14-15,25H,3-4,13,16H2,1-2H3. The second-order valence-corrected chi connectivity index (χ2v) is 8.08. The van der Waals surface area contributed by atoms with E-state index < -0.39 is 0 Å². The van der Waals surface area contributed by atoms with Gasteiger partial charge in [-0.1, -0.05) is 67.6 Å². The fourth-order valence-electron chi connectivity index (χ4n) is 3.44. The predicted molar refractivity (Wildman–Crippen MR) is 123 cm³/mol. The third-order valence-corrected chi connectivity index (χ3v) is 6.12. The Labute approximate surface area is 180 Å². The van der Waals surface area contributed by atoms with Crippen molar-refractivity contribution in [1.29, 1.82) is 0 Å². The van der Waals surface area contributed by atoms with Gasteiger partial charge >= 0.3 is 0 Å². The molecule has 0 aliphatic heterocycles. The van der Waals surface area contributed by atoms with Crippen molar-refractivity contribution in [2.75, 3.05) is 7.11 Å². The molecule has 1 N–H and O–H groups in total. The lowest BCUT2D eigenvalue weighted by Gasteiger charge is -2.12. The Kier molecular flexibility index (Phi) is 6.23. The van der Waals surface area contributed by atoms with Gasteiger partial charge in [0.05, 0.1) is 7.11 Å². The number of hydrogen-bond acceptors (Lipinski definition) is 4. The summed E-state index contributed by atoms with van der Waals surface area (Å²) in [7, 11) is 1.67. The summed E-state index contributed by atoms with van der Waals surface area (Å²) >= 11 is 1.59. The Balaban J connectivity index is 1.76. The molecule has 0 atom stereocenters. The molecule has 0 aliphatic rings. The van der Waals surface area contributed by atoms with Gasteiger partial charge in [-0.05, 0) is 29.7 Å². The lowest BCUT2D eigenvalue weighted by Crippen LogP contribution is -2.23. The second-order valence-electron chi connectivity index (χ2n) is 7.14. The maximum atomic E-state index is 13.3. The van der Waals surface area contributed by atoms with Gasteiger partial charge in [-0.25, -0.2) is 4.98 Å². The molecule has 2 heterocycles. The van der Waals surface area contributed by atoms with E-state index >= 15 is 0 Å². The summed E-state index contributed by atoms with van der Waals surface area (Å²) in [6.07, 6.45) is 3.84. The molecular formula is C24H25N3O2S. The summed E-state index contributed by atoms with van der Waals surface area (Å²) in [6, 6.07) is 18.0. The quantitative estimate of drug-likeness (QED) is 0.303. The number of aromatic nitrogens is 3. The molecule has 0 fully saturated rings. The molecule has 5 nitrogen and oxygen atoms in total. The molecule has 0 bridgehead atoms. The van der Waals surface area contributed by atoms with Crippen molar-refractivity contribution in [2.45, 2.75) is 37.2 Å². The van der Waals surface area contributed by atoms with Crippen molar-refractivity contribution in [2.24, 2.45) is 0 Å². The Morgan fingerprint density at radius 2 is 1.97 bits per heavy atom. The molecular weight excluding hydrogens is 394 g/mol. The van der Waals surface area contributed by atoms with Gasteiger partial charge in [0, 0.05) is 24.1 Å². The molecule has 4 aromatic rings. The van der Waals surface area contributed by atoms with Crippen LogP contribution in [0.5, 0.6) is 5.75 Å². The van der Waals surface area contributed by atoms with Gasteiger partial charge in [0.1, 0.15) is 16.8 Å². The zero-order valence-corrected chi connectivity index (χ0v) is 18.0. The van der Waals surface area contributed by atoms with E-state index in [0.29, 0.717) is 17.8 Å². The van der Waals surface area contributed by atoms with Crippen LogP contribution in [0.1, 0.15) is 25.3 Å².